The van der Waals surface area contributed by atoms with Crippen LogP contribution in [0.3, 0.4) is 0 Å². The number of hydrogen-bond acceptors (Lipinski definition) is 0. The molecular formula is C6H13S+. The van der Waals surface area contributed by atoms with Gasteiger partial charge in [0.15, 0.2) is 0 Å². The molecule has 7 heavy (non-hydrogen) atoms. The first kappa shape index (κ1) is 5.49. The summed E-state index contributed by atoms with van der Waals surface area (Å²) in [7, 11) is 0.782. The Morgan fingerprint density at radius 3 is 2.43 bits per heavy atom. The lowest BCUT2D eigenvalue weighted by Gasteiger charge is -1.95. The van der Waals surface area contributed by atoms with Crippen molar-refractivity contribution < 1.29 is 0 Å². The van der Waals surface area contributed by atoms with Crippen molar-refractivity contribution in [2.24, 2.45) is 0 Å². The maximum absolute atomic E-state index is 2.39. The molecule has 0 saturated carbocycles. The van der Waals surface area contributed by atoms with Crippen LogP contribution in [-0.4, -0.2) is 17.3 Å². The molecule has 1 aliphatic heterocycles. The molecule has 0 N–H and O–H groups in total. The van der Waals surface area contributed by atoms with E-state index in [0.717, 1.165) is 16.1 Å². The van der Waals surface area contributed by atoms with Crippen molar-refractivity contribution in [1.82, 2.24) is 0 Å². The average molecular weight is 117 g/mol. The Labute approximate surface area is 48.6 Å². The summed E-state index contributed by atoms with van der Waals surface area (Å²) in [6.07, 6.45) is 5.36. The van der Waals surface area contributed by atoms with Gasteiger partial charge in [-0.1, -0.05) is 0 Å². The van der Waals surface area contributed by atoms with E-state index in [1.807, 2.05) is 0 Å². The van der Waals surface area contributed by atoms with Crippen LogP contribution in [0.2, 0.25) is 0 Å². The first-order valence-corrected chi connectivity index (χ1v) is 4.78. The molecule has 1 aliphatic rings. The van der Waals surface area contributed by atoms with Gasteiger partial charge in [0.25, 0.3) is 0 Å². The van der Waals surface area contributed by atoms with Gasteiger partial charge in [0, 0.05) is 0 Å². The van der Waals surface area contributed by atoms with Crippen molar-refractivity contribution in [2.45, 2.75) is 25.0 Å². The van der Waals surface area contributed by atoms with Gasteiger partial charge in [-0.05, 0) is 30.7 Å². The lowest BCUT2D eigenvalue weighted by atomic mass is 10.3. The largest absolute Gasteiger partial charge is 0.115 e. The van der Waals surface area contributed by atoms with Crippen LogP contribution in [0, 0.1) is 0 Å². The molecule has 0 aromatic rings. The van der Waals surface area contributed by atoms with Gasteiger partial charge in [-0.25, -0.2) is 0 Å². The standard InChI is InChI=1S/C6H13S/c1-6-4-3-5-7(6)2/h6H,3-5H2,1-2H3/q+1/t6-,7?/m1/s1. The first-order chi connectivity index (χ1) is 3.30. The van der Waals surface area contributed by atoms with Crippen LogP contribution in [0.5, 0.6) is 0 Å². The number of hydrogen-bond donors (Lipinski definition) is 0. The Balaban J connectivity index is 2.33. The first-order valence-electron chi connectivity index (χ1n) is 2.92. The topological polar surface area (TPSA) is 0 Å². The summed E-state index contributed by atoms with van der Waals surface area (Å²) in [6, 6.07) is 0. The molecule has 1 heterocycles. The summed E-state index contributed by atoms with van der Waals surface area (Å²) in [5.41, 5.74) is 0. The van der Waals surface area contributed by atoms with E-state index < -0.39 is 0 Å². The van der Waals surface area contributed by atoms with Gasteiger partial charge in [-0.15, -0.1) is 0 Å². The zero-order valence-corrected chi connectivity index (χ0v) is 5.92. The van der Waals surface area contributed by atoms with Gasteiger partial charge in [0.2, 0.25) is 0 Å². The van der Waals surface area contributed by atoms with Gasteiger partial charge < -0.3 is 0 Å². The molecule has 0 aromatic heterocycles. The van der Waals surface area contributed by atoms with Gasteiger partial charge >= 0.3 is 0 Å². The monoisotopic (exact) mass is 117 g/mol. The smallest absolute Gasteiger partial charge is 0.0170 e. The van der Waals surface area contributed by atoms with Crippen LogP contribution in [0.25, 0.3) is 0 Å². The Bertz CT molecular complexity index is 53.2. The highest BCUT2D eigenvalue weighted by atomic mass is 32.2. The molecule has 0 amide bonds. The molecule has 0 bridgehead atoms. The van der Waals surface area contributed by atoms with E-state index in [9.17, 15) is 0 Å². The maximum Gasteiger partial charge on any atom is 0.115 e. The number of rotatable bonds is 0. The average Bonchev–Trinajstić information content (AvgIpc) is 1.91. The van der Waals surface area contributed by atoms with Crippen molar-refractivity contribution in [3.63, 3.8) is 0 Å². The highest BCUT2D eigenvalue weighted by Gasteiger charge is 2.26. The summed E-state index contributed by atoms with van der Waals surface area (Å²) >= 11 is 0. The maximum atomic E-state index is 2.39. The quantitative estimate of drug-likeness (QED) is 0.421. The van der Waals surface area contributed by atoms with Crippen LogP contribution >= 0.6 is 0 Å². The zero-order chi connectivity index (χ0) is 5.28. The van der Waals surface area contributed by atoms with Crippen molar-refractivity contribution in [3.8, 4) is 0 Å². The fourth-order valence-electron chi connectivity index (χ4n) is 1.00. The van der Waals surface area contributed by atoms with Gasteiger partial charge in [-0.3, -0.25) is 0 Å². The Morgan fingerprint density at radius 2 is 2.29 bits per heavy atom. The molecule has 42 valence electrons. The highest BCUT2D eigenvalue weighted by molar-refractivity contribution is 7.97. The lowest BCUT2D eigenvalue weighted by molar-refractivity contribution is 0.837. The molecule has 0 aromatic carbocycles. The molecule has 1 rings (SSSR count). The normalized spacial score (nSPS) is 42.0. The third-order valence-electron chi connectivity index (χ3n) is 1.76. The summed E-state index contributed by atoms with van der Waals surface area (Å²) in [6.45, 7) is 2.37. The second-order valence-corrected chi connectivity index (χ2v) is 4.94. The summed E-state index contributed by atoms with van der Waals surface area (Å²) in [5, 5.41) is 1.04. The van der Waals surface area contributed by atoms with Crippen LogP contribution in [0.15, 0.2) is 0 Å². The van der Waals surface area contributed by atoms with E-state index >= 15 is 0 Å². The van der Waals surface area contributed by atoms with E-state index in [1.54, 1.807) is 0 Å². The van der Waals surface area contributed by atoms with Crippen LogP contribution in [0.4, 0.5) is 0 Å². The molecule has 1 fully saturated rings. The van der Waals surface area contributed by atoms with Crippen LogP contribution < -0.4 is 0 Å². The van der Waals surface area contributed by atoms with Gasteiger partial charge in [-0.2, -0.15) is 0 Å². The Hall–Kier alpha value is 0.350. The molecule has 0 aliphatic carbocycles. The summed E-state index contributed by atoms with van der Waals surface area (Å²) in [5.74, 6) is 1.50. The fraction of sp³-hybridized carbons (Fsp3) is 1.00. The van der Waals surface area contributed by atoms with Crippen molar-refractivity contribution in [2.75, 3.05) is 12.0 Å². The van der Waals surface area contributed by atoms with Crippen molar-refractivity contribution in [3.05, 3.63) is 0 Å². The molecule has 2 atom stereocenters. The second kappa shape index (κ2) is 2.08. The molecule has 0 spiro atoms. The van der Waals surface area contributed by atoms with E-state index in [1.165, 1.54) is 18.6 Å². The summed E-state index contributed by atoms with van der Waals surface area (Å²) in [4.78, 5) is 0. The fourth-order valence-corrected chi connectivity index (χ4v) is 2.59. The molecule has 1 unspecified atom stereocenters. The lowest BCUT2D eigenvalue weighted by Crippen LogP contribution is -2.09. The molecule has 1 saturated heterocycles. The van der Waals surface area contributed by atoms with E-state index in [0.29, 0.717) is 0 Å². The van der Waals surface area contributed by atoms with Gasteiger partial charge in [0.1, 0.15) is 11.0 Å². The Kier molecular flexibility index (Phi) is 1.63. The van der Waals surface area contributed by atoms with E-state index in [4.69, 9.17) is 0 Å². The molecule has 1 heteroatoms. The van der Waals surface area contributed by atoms with E-state index in [2.05, 4.69) is 13.2 Å². The molecule has 0 nitrogen and oxygen atoms in total. The molecular weight excluding hydrogens is 104 g/mol. The SMILES string of the molecule is C[C@@H]1CCC[S+]1C. The van der Waals surface area contributed by atoms with Crippen LogP contribution in [-0.2, 0) is 10.9 Å². The van der Waals surface area contributed by atoms with Crippen LogP contribution in [0.1, 0.15) is 19.8 Å². The summed E-state index contributed by atoms with van der Waals surface area (Å²) < 4.78 is 0. The second-order valence-electron chi connectivity index (χ2n) is 2.35. The minimum atomic E-state index is 0.782. The minimum absolute atomic E-state index is 0.782. The Morgan fingerprint density at radius 1 is 1.57 bits per heavy atom. The van der Waals surface area contributed by atoms with E-state index in [-0.39, 0.29) is 0 Å². The zero-order valence-electron chi connectivity index (χ0n) is 5.11. The highest BCUT2D eigenvalue weighted by Crippen LogP contribution is 2.18. The third kappa shape index (κ3) is 1.12. The van der Waals surface area contributed by atoms with Crippen molar-refractivity contribution >= 4 is 10.9 Å². The van der Waals surface area contributed by atoms with Crippen molar-refractivity contribution in [1.29, 1.82) is 0 Å². The van der Waals surface area contributed by atoms with Gasteiger partial charge in [0.05, 0.1) is 6.26 Å². The predicted molar refractivity (Wildman–Crippen MR) is 36.9 cm³/mol. The third-order valence-corrected chi connectivity index (χ3v) is 4.31. The predicted octanol–water partition coefficient (Wildman–Crippen LogP) is 1.42. The minimum Gasteiger partial charge on any atom is -0.0170 e. The molecule has 0 radical (unpaired) electrons.